The monoisotopic (exact) mass is 374 g/mol. The molecule has 142 valence electrons. The quantitative estimate of drug-likeness (QED) is 0.698. The molecule has 0 amide bonds. The van der Waals surface area contributed by atoms with Gasteiger partial charge in [-0.05, 0) is 37.6 Å². The molecule has 3 aromatic rings. The molecule has 5 heterocycles. The van der Waals surface area contributed by atoms with Crippen LogP contribution >= 0.6 is 0 Å². The second kappa shape index (κ2) is 7.16. The van der Waals surface area contributed by atoms with E-state index >= 15 is 0 Å². The van der Waals surface area contributed by atoms with Crippen molar-refractivity contribution in [2.24, 2.45) is 0 Å². The number of aromatic nitrogens is 4. The number of morpholine rings is 1. The van der Waals surface area contributed by atoms with E-state index in [1.807, 2.05) is 31.5 Å². The molecule has 3 aromatic heterocycles. The summed E-state index contributed by atoms with van der Waals surface area (Å²) in [5.74, 6) is 1.73. The van der Waals surface area contributed by atoms with Crippen LogP contribution in [0.1, 0.15) is 11.3 Å². The zero-order valence-corrected chi connectivity index (χ0v) is 15.9. The molecule has 1 saturated heterocycles. The standard InChI is InChI=1S/C21H22N6O/c1-15-4-5-16(13-23-15)19-18-6-8-27(17-3-2-7-22-14-17)20(18)25-21(24-19)26-9-11-28-12-10-26/h2-5,7,13-14H,6,8-12H2,1H3. The van der Waals surface area contributed by atoms with Crippen LogP contribution in [-0.4, -0.2) is 52.8 Å². The first-order valence-corrected chi connectivity index (χ1v) is 9.64. The smallest absolute Gasteiger partial charge is 0.228 e. The lowest BCUT2D eigenvalue weighted by atomic mass is 10.1. The van der Waals surface area contributed by atoms with Crippen molar-refractivity contribution in [1.29, 1.82) is 0 Å². The van der Waals surface area contributed by atoms with Crippen molar-refractivity contribution in [3.8, 4) is 11.3 Å². The van der Waals surface area contributed by atoms with Gasteiger partial charge in [-0.1, -0.05) is 0 Å². The minimum atomic E-state index is 0.703. The van der Waals surface area contributed by atoms with Crippen LogP contribution in [0.5, 0.6) is 0 Å². The minimum Gasteiger partial charge on any atom is -0.378 e. The van der Waals surface area contributed by atoms with E-state index in [-0.39, 0.29) is 0 Å². The molecule has 0 atom stereocenters. The largest absolute Gasteiger partial charge is 0.378 e. The van der Waals surface area contributed by atoms with Crippen molar-refractivity contribution in [3.05, 3.63) is 54.1 Å². The second-order valence-corrected chi connectivity index (χ2v) is 7.07. The van der Waals surface area contributed by atoms with E-state index in [9.17, 15) is 0 Å². The van der Waals surface area contributed by atoms with Gasteiger partial charge >= 0.3 is 0 Å². The fourth-order valence-corrected chi connectivity index (χ4v) is 3.76. The van der Waals surface area contributed by atoms with Crippen LogP contribution in [0.4, 0.5) is 17.5 Å². The van der Waals surface area contributed by atoms with E-state index in [1.165, 1.54) is 5.56 Å². The van der Waals surface area contributed by atoms with E-state index in [0.29, 0.717) is 13.2 Å². The van der Waals surface area contributed by atoms with Crippen LogP contribution in [0.3, 0.4) is 0 Å². The third kappa shape index (κ3) is 3.07. The number of aryl methyl sites for hydroxylation is 1. The second-order valence-electron chi connectivity index (χ2n) is 7.07. The number of hydrogen-bond acceptors (Lipinski definition) is 7. The van der Waals surface area contributed by atoms with Crippen LogP contribution in [0.25, 0.3) is 11.3 Å². The number of fused-ring (bicyclic) bond motifs is 1. The van der Waals surface area contributed by atoms with Crippen LogP contribution in [0, 0.1) is 6.92 Å². The summed E-state index contributed by atoms with van der Waals surface area (Å²) < 4.78 is 5.51. The van der Waals surface area contributed by atoms with Crippen LogP contribution in [0.15, 0.2) is 42.9 Å². The molecule has 7 heteroatoms. The maximum absolute atomic E-state index is 5.51. The summed E-state index contributed by atoms with van der Waals surface area (Å²) in [5.41, 5.74) is 5.24. The summed E-state index contributed by atoms with van der Waals surface area (Å²) in [7, 11) is 0. The van der Waals surface area contributed by atoms with Crippen molar-refractivity contribution in [1.82, 2.24) is 19.9 Å². The molecule has 0 unspecified atom stereocenters. The van der Waals surface area contributed by atoms with Gasteiger partial charge in [-0.2, -0.15) is 4.98 Å². The Hall–Kier alpha value is -3.06. The molecule has 0 bridgehead atoms. The third-order valence-corrected chi connectivity index (χ3v) is 5.25. The number of rotatable bonds is 3. The summed E-state index contributed by atoms with van der Waals surface area (Å²) in [5, 5.41) is 0. The molecule has 0 aliphatic carbocycles. The fourth-order valence-electron chi connectivity index (χ4n) is 3.76. The Morgan fingerprint density at radius 3 is 2.64 bits per heavy atom. The van der Waals surface area contributed by atoms with Gasteiger partial charge in [-0.25, -0.2) is 4.98 Å². The third-order valence-electron chi connectivity index (χ3n) is 5.25. The molecule has 28 heavy (non-hydrogen) atoms. The Labute approximate surface area is 164 Å². The number of hydrogen-bond donors (Lipinski definition) is 0. The molecule has 2 aliphatic heterocycles. The van der Waals surface area contributed by atoms with Crippen molar-refractivity contribution in [2.75, 3.05) is 42.6 Å². The highest BCUT2D eigenvalue weighted by Crippen LogP contribution is 2.38. The number of ether oxygens (including phenoxy) is 1. The lowest BCUT2D eigenvalue weighted by molar-refractivity contribution is 0.122. The predicted octanol–water partition coefficient (Wildman–Crippen LogP) is 2.77. The summed E-state index contributed by atoms with van der Waals surface area (Å²) in [6.45, 7) is 5.88. The lowest BCUT2D eigenvalue weighted by Gasteiger charge is -2.28. The Morgan fingerprint density at radius 1 is 1.00 bits per heavy atom. The highest BCUT2D eigenvalue weighted by Gasteiger charge is 2.29. The Kier molecular flexibility index (Phi) is 4.37. The lowest BCUT2D eigenvalue weighted by Crippen LogP contribution is -2.37. The molecule has 1 fully saturated rings. The Bertz CT molecular complexity index is 970. The summed E-state index contributed by atoms with van der Waals surface area (Å²) in [6, 6.07) is 8.17. The first-order valence-electron chi connectivity index (χ1n) is 9.64. The fraction of sp³-hybridized carbons (Fsp3) is 0.333. The number of anilines is 3. The zero-order chi connectivity index (χ0) is 18.9. The average Bonchev–Trinajstić information content (AvgIpc) is 3.19. The minimum absolute atomic E-state index is 0.703. The van der Waals surface area contributed by atoms with E-state index in [4.69, 9.17) is 14.7 Å². The van der Waals surface area contributed by atoms with Gasteiger partial charge < -0.3 is 14.5 Å². The SMILES string of the molecule is Cc1ccc(-c2nc(N3CCOCC3)nc3c2CCN3c2cccnc2)cn1. The average molecular weight is 374 g/mol. The van der Waals surface area contributed by atoms with Crippen molar-refractivity contribution in [2.45, 2.75) is 13.3 Å². The molecular formula is C21H22N6O. The predicted molar refractivity (Wildman–Crippen MR) is 108 cm³/mol. The molecule has 2 aliphatic rings. The summed E-state index contributed by atoms with van der Waals surface area (Å²) in [6.07, 6.45) is 6.49. The molecule has 0 saturated carbocycles. The maximum atomic E-state index is 5.51. The van der Waals surface area contributed by atoms with Gasteiger partial charge in [0.1, 0.15) is 5.82 Å². The van der Waals surface area contributed by atoms with Gasteiger partial charge in [0.05, 0.1) is 30.8 Å². The molecule has 0 N–H and O–H groups in total. The van der Waals surface area contributed by atoms with Crippen LogP contribution in [0.2, 0.25) is 0 Å². The number of nitrogens with zero attached hydrogens (tertiary/aromatic N) is 6. The van der Waals surface area contributed by atoms with E-state index in [1.54, 1.807) is 6.20 Å². The van der Waals surface area contributed by atoms with Gasteiger partial charge in [0.25, 0.3) is 0 Å². The van der Waals surface area contributed by atoms with Gasteiger partial charge in [0.2, 0.25) is 5.95 Å². The van der Waals surface area contributed by atoms with E-state index < -0.39 is 0 Å². The Balaban J connectivity index is 1.64. The van der Waals surface area contributed by atoms with Crippen LogP contribution in [-0.2, 0) is 11.2 Å². The first kappa shape index (κ1) is 17.1. The molecule has 0 spiro atoms. The Morgan fingerprint density at radius 2 is 1.89 bits per heavy atom. The molecule has 7 nitrogen and oxygen atoms in total. The number of pyridine rings is 2. The summed E-state index contributed by atoms with van der Waals surface area (Å²) >= 11 is 0. The normalized spacial score (nSPS) is 16.3. The first-order chi connectivity index (χ1) is 13.8. The van der Waals surface area contributed by atoms with E-state index in [0.717, 1.165) is 60.5 Å². The van der Waals surface area contributed by atoms with Gasteiger partial charge in [0.15, 0.2) is 0 Å². The van der Waals surface area contributed by atoms with E-state index in [2.05, 4.69) is 31.9 Å². The summed E-state index contributed by atoms with van der Waals surface area (Å²) in [4.78, 5) is 23.2. The molecule has 0 aromatic carbocycles. The van der Waals surface area contributed by atoms with Gasteiger partial charge in [0, 0.05) is 48.8 Å². The van der Waals surface area contributed by atoms with Crippen molar-refractivity contribution in [3.63, 3.8) is 0 Å². The van der Waals surface area contributed by atoms with Crippen LogP contribution < -0.4 is 9.80 Å². The highest BCUT2D eigenvalue weighted by atomic mass is 16.5. The molecular weight excluding hydrogens is 352 g/mol. The van der Waals surface area contributed by atoms with Gasteiger partial charge in [-0.3, -0.25) is 9.97 Å². The van der Waals surface area contributed by atoms with Crippen molar-refractivity contribution < 1.29 is 4.74 Å². The topological polar surface area (TPSA) is 67.3 Å². The maximum Gasteiger partial charge on any atom is 0.228 e. The molecule has 5 rings (SSSR count). The highest BCUT2D eigenvalue weighted by molar-refractivity contribution is 5.76. The van der Waals surface area contributed by atoms with Gasteiger partial charge in [-0.15, -0.1) is 0 Å². The molecule has 0 radical (unpaired) electrons. The zero-order valence-electron chi connectivity index (χ0n) is 15.9. The van der Waals surface area contributed by atoms with Crippen molar-refractivity contribution >= 4 is 17.5 Å².